The average Bonchev–Trinajstić information content (AvgIpc) is 3.11. The zero-order valence-electron chi connectivity index (χ0n) is 22.2. The third kappa shape index (κ3) is 6.56. The van der Waals surface area contributed by atoms with Gasteiger partial charge in [-0.1, -0.05) is 30.9 Å². The summed E-state index contributed by atoms with van der Waals surface area (Å²) in [6.07, 6.45) is 6.92. The van der Waals surface area contributed by atoms with Gasteiger partial charge in [-0.3, -0.25) is 14.4 Å². The number of nitrogens with one attached hydrogen (secondary N) is 2. The first-order chi connectivity index (χ1) is 17.4. The summed E-state index contributed by atoms with van der Waals surface area (Å²) in [6, 6.07) is 7.10. The quantitative estimate of drug-likeness (QED) is 0.422. The average molecular weight is 528 g/mol. The van der Waals surface area contributed by atoms with Crippen LogP contribution in [0.2, 0.25) is 5.02 Å². The summed E-state index contributed by atoms with van der Waals surface area (Å²) in [5, 5.41) is 15.6. The lowest BCUT2D eigenvalue weighted by Crippen LogP contribution is -2.46. The van der Waals surface area contributed by atoms with E-state index in [1.165, 1.54) is 19.3 Å². The van der Waals surface area contributed by atoms with Crippen LogP contribution in [0.1, 0.15) is 92.1 Å². The van der Waals surface area contributed by atoms with Crippen molar-refractivity contribution in [1.29, 1.82) is 0 Å². The molecule has 1 aromatic heterocycles. The van der Waals surface area contributed by atoms with Gasteiger partial charge in [0.2, 0.25) is 0 Å². The molecule has 37 heavy (non-hydrogen) atoms. The highest BCUT2D eigenvalue weighted by molar-refractivity contribution is 6.31. The molecule has 7 nitrogen and oxygen atoms in total. The summed E-state index contributed by atoms with van der Waals surface area (Å²) in [4.78, 5) is 37.4. The number of halogens is 1. The number of carboxylic acids is 1. The van der Waals surface area contributed by atoms with Crippen LogP contribution in [-0.2, 0) is 11.3 Å². The zero-order chi connectivity index (χ0) is 26.9. The van der Waals surface area contributed by atoms with E-state index < -0.39 is 5.97 Å². The molecule has 2 aromatic rings. The summed E-state index contributed by atoms with van der Waals surface area (Å²) in [6.45, 7) is 8.55. The summed E-state index contributed by atoms with van der Waals surface area (Å²) >= 11 is 6.49. The van der Waals surface area contributed by atoms with Gasteiger partial charge < -0.3 is 20.3 Å². The Morgan fingerprint density at radius 2 is 1.70 bits per heavy atom. The van der Waals surface area contributed by atoms with Gasteiger partial charge in [-0.2, -0.15) is 0 Å². The van der Waals surface area contributed by atoms with Gasteiger partial charge in [0.05, 0.1) is 11.5 Å². The predicted octanol–water partition coefficient (Wildman–Crippen LogP) is 5.82. The number of carbonyl (C=O) groups is 3. The van der Waals surface area contributed by atoms with Crippen molar-refractivity contribution in [2.24, 2.45) is 11.8 Å². The number of aliphatic carboxylic acids is 1. The Balaban J connectivity index is 1.67. The van der Waals surface area contributed by atoms with E-state index in [0.717, 1.165) is 36.3 Å². The highest BCUT2D eigenvalue weighted by Gasteiger charge is 2.36. The summed E-state index contributed by atoms with van der Waals surface area (Å²) in [5.74, 6) is -1.06. The number of benzene rings is 1. The number of aromatic nitrogens is 1. The highest BCUT2D eigenvalue weighted by Crippen LogP contribution is 2.34. The molecule has 2 saturated carbocycles. The summed E-state index contributed by atoms with van der Waals surface area (Å²) in [7, 11) is 0. The molecule has 2 amide bonds. The lowest BCUT2D eigenvalue weighted by Gasteiger charge is -2.32. The Morgan fingerprint density at radius 1 is 1.03 bits per heavy atom. The lowest BCUT2D eigenvalue weighted by atomic mass is 9.80. The van der Waals surface area contributed by atoms with Gasteiger partial charge in [-0.05, 0) is 83.6 Å². The molecule has 1 aromatic carbocycles. The van der Waals surface area contributed by atoms with E-state index in [9.17, 15) is 14.4 Å². The third-order valence-corrected chi connectivity index (χ3v) is 7.76. The number of hydrogen-bond acceptors (Lipinski definition) is 3. The molecule has 0 bridgehead atoms. The number of carbonyl (C=O) groups excluding carboxylic acids is 2. The Labute approximate surface area is 224 Å². The van der Waals surface area contributed by atoms with E-state index >= 15 is 0 Å². The topological polar surface area (TPSA) is 100 Å². The first kappa shape index (κ1) is 27.2. The standard InChI is InChI=1S/C29H38ClN3O4/c1-17-24(27(35)31-23-13-21(14-23)28(36)37)15-25(33(17)16-18-8-6-5-7-9-18)19-10-20(12-22(30)11-19)26(34)32-29(2,3)4/h10-12,15,18,21,23H,5-9,13-14,16H2,1-4H3,(H,31,35)(H,32,34)(H,36,37)/t21-,23-. The van der Waals surface area contributed by atoms with Gasteiger partial charge in [-0.15, -0.1) is 0 Å². The minimum atomic E-state index is -0.810. The predicted molar refractivity (Wildman–Crippen MR) is 145 cm³/mol. The molecular formula is C29H38ClN3O4. The molecule has 0 unspecified atom stereocenters. The van der Waals surface area contributed by atoms with E-state index in [1.54, 1.807) is 6.07 Å². The maximum absolute atomic E-state index is 13.3. The van der Waals surface area contributed by atoms with E-state index in [-0.39, 0.29) is 29.3 Å². The third-order valence-electron chi connectivity index (χ3n) is 7.54. The van der Waals surface area contributed by atoms with Crippen LogP contribution in [-0.4, -0.2) is 39.0 Å². The van der Waals surface area contributed by atoms with Crippen LogP contribution in [0.5, 0.6) is 0 Å². The minimum Gasteiger partial charge on any atom is -0.481 e. The summed E-state index contributed by atoms with van der Waals surface area (Å²) in [5.41, 5.74) is 3.18. The fraction of sp³-hybridized carbons (Fsp3) is 0.552. The van der Waals surface area contributed by atoms with Gasteiger partial charge in [0.25, 0.3) is 11.8 Å². The molecule has 0 aliphatic heterocycles. The van der Waals surface area contributed by atoms with Crippen molar-refractivity contribution in [3.63, 3.8) is 0 Å². The zero-order valence-corrected chi connectivity index (χ0v) is 23.0. The van der Waals surface area contributed by atoms with Crippen LogP contribution >= 0.6 is 11.6 Å². The van der Waals surface area contributed by atoms with Crippen LogP contribution in [0.15, 0.2) is 24.3 Å². The molecule has 8 heteroatoms. The first-order valence-electron chi connectivity index (χ1n) is 13.3. The Morgan fingerprint density at radius 3 is 2.32 bits per heavy atom. The second kappa shape index (κ2) is 10.9. The van der Waals surface area contributed by atoms with Gasteiger partial charge in [0.15, 0.2) is 0 Å². The fourth-order valence-corrected chi connectivity index (χ4v) is 5.69. The van der Waals surface area contributed by atoms with Crippen LogP contribution in [0, 0.1) is 18.8 Å². The van der Waals surface area contributed by atoms with Gasteiger partial charge in [-0.25, -0.2) is 0 Å². The van der Waals surface area contributed by atoms with E-state index in [2.05, 4.69) is 15.2 Å². The van der Waals surface area contributed by atoms with Crippen LogP contribution in [0.3, 0.4) is 0 Å². The molecule has 2 aliphatic rings. The largest absolute Gasteiger partial charge is 0.481 e. The van der Waals surface area contributed by atoms with Crippen LogP contribution in [0.25, 0.3) is 11.3 Å². The van der Waals surface area contributed by atoms with Crippen LogP contribution in [0.4, 0.5) is 0 Å². The van der Waals surface area contributed by atoms with Gasteiger partial charge >= 0.3 is 5.97 Å². The Hall–Kier alpha value is -2.80. The lowest BCUT2D eigenvalue weighted by molar-refractivity contribution is -0.145. The molecule has 200 valence electrons. The van der Waals surface area contributed by atoms with Crippen molar-refractivity contribution in [1.82, 2.24) is 15.2 Å². The molecule has 4 rings (SSSR count). The second-order valence-corrected chi connectivity index (χ2v) is 12.2. The van der Waals surface area contributed by atoms with Crippen molar-refractivity contribution in [3.05, 3.63) is 46.1 Å². The number of nitrogens with zero attached hydrogens (tertiary/aromatic N) is 1. The maximum Gasteiger partial charge on any atom is 0.306 e. The molecule has 3 N–H and O–H groups in total. The number of carboxylic acid groups (broad SMARTS) is 1. The molecular weight excluding hydrogens is 490 g/mol. The number of rotatable bonds is 7. The minimum absolute atomic E-state index is 0.128. The monoisotopic (exact) mass is 527 g/mol. The van der Waals surface area contributed by atoms with Gasteiger partial charge in [0, 0.05) is 45.7 Å². The fourth-order valence-electron chi connectivity index (χ4n) is 5.46. The van der Waals surface area contributed by atoms with E-state index in [4.69, 9.17) is 16.7 Å². The van der Waals surface area contributed by atoms with Crippen molar-refractivity contribution in [2.45, 2.75) is 90.8 Å². The van der Waals surface area contributed by atoms with Crippen molar-refractivity contribution in [2.75, 3.05) is 0 Å². The molecule has 0 atom stereocenters. The highest BCUT2D eigenvalue weighted by atomic mass is 35.5. The van der Waals surface area contributed by atoms with Crippen molar-refractivity contribution >= 4 is 29.4 Å². The second-order valence-electron chi connectivity index (χ2n) is 11.8. The van der Waals surface area contributed by atoms with Crippen LogP contribution < -0.4 is 10.6 Å². The normalized spacial score (nSPS) is 20.2. The molecule has 2 fully saturated rings. The molecule has 0 radical (unpaired) electrons. The summed E-state index contributed by atoms with van der Waals surface area (Å²) < 4.78 is 2.20. The van der Waals surface area contributed by atoms with E-state index in [0.29, 0.717) is 34.9 Å². The number of hydrogen-bond donors (Lipinski definition) is 3. The Bertz CT molecular complexity index is 1180. The van der Waals surface area contributed by atoms with Gasteiger partial charge in [0.1, 0.15) is 0 Å². The van der Waals surface area contributed by atoms with E-state index in [1.807, 2.05) is 45.9 Å². The smallest absolute Gasteiger partial charge is 0.306 e. The SMILES string of the molecule is Cc1c(C(=O)N[C@H]2C[C@H](C(=O)O)C2)cc(-c2cc(Cl)cc(C(=O)NC(C)(C)C)c2)n1CC1CCCCC1. The number of amides is 2. The van der Waals surface area contributed by atoms with Crippen molar-refractivity contribution in [3.8, 4) is 11.3 Å². The Kier molecular flexibility index (Phi) is 8.02. The maximum atomic E-state index is 13.3. The molecule has 1 heterocycles. The molecule has 0 saturated heterocycles. The van der Waals surface area contributed by atoms with Crippen molar-refractivity contribution < 1.29 is 19.5 Å². The molecule has 0 spiro atoms. The first-order valence-corrected chi connectivity index (χ1v) is 13.7. The molecule has 2 aliphatic carbocycles.